The van der Waals surface area contributed by atoms with Crippen molar-refractivity contribution in [2.45, 2.75) is 45.7 Å². The maximum atomic E-state index is 3.79. The van der Waals surface area contributed by atoms with Crippen LogP contribution in [0.15, 0.2) is 29.0 Å². The standard InChI is InChI=1S/C17H23NS2/c1-12-5-3-6-16(13(12)2)18-10-15-9-14(11-20-15)17-7-4-8-19-17/h4,7-9,11-13,16,18H,3,5-6,10H2,1-2H3. The highest BCUT2D eigenvalue weighted by Crippen LogP contribution is 2.31. The van der Waals surface area contributed by atoms with Gasteiger partial charge in [0, 0.05) is 27.9 Å². The Morgan fingerprint density at radius 3 is 2.95 bits per heavy atom. The molecule has 1 aliphatic rings. The van der Waals surface area contributed by atoms with Crippen LogP contribution >= 0.6 is 22.7 Å². The first-order chi connectivity index (χ1) is 9.74. The molecule has 108 valence electrons. The quantitative estimate of drug-likeness (QED) is 0.798. The topological polar surface area (TPSA) is 12.0 Å². The lowest BCUT2D eigenvalue weighted by atomic mass is 9.78. The molecule has 0 spiro atoms. The van der Waals surface area contributed by atoms with E-state index in [9.17, 15) is 0 Å². The van der Waals surface area contributed by atoms with Crippen LogP contribution in [0.4, 0.5) is 0 Å². The molecule has 1 aliphatic carbocycles. The summed E-state index contributed by atoms with van der Waals surface area (Å²) in [4.78, 5) is 2.84. The van der Waals surface area contributed by atoms with Gasteiger partial charge >= 0.3 is 0 Å². The van der Waals surface area contributed by atoms with Crippen LogP contribution in [0.25, 0.3) is 10.4 Å². The third-order valence-corrected chi connectivity index (χ3v) is 6.56. The zero-order valence-corrected chi connectivity index (χ0v) is 13.9. The second kappa shape index (κ2) is 6.42. The van der Waals surface area contributed by atoms with E-state index in [0.717, 1.165) is 18.4 Å². The van der Waals surface area contributed by atoms with Gasteiger partial charge in [-0.05, 0) is 41.1 Å². The van der Waals surface area contributed by atoms with Gasteiger partial charge in [-0.25, -0.2) is 0 Å². The van der Waals surface area contributed by atoms with Crippen LogP contribution in [0.1, 0.15) is 38.0 Å². The molecule has 2 aromatic heterocycles. The van der Waals surface area contributed by atoms with Crippen LogP contribution in [0.3, 0.4) is 0 Å². The summed E-state index contributed by atoms with van der Waals surface area (Å²) in [7, 11) is 0. The van der Waals surface area contributed by atoms with Crippen molar-refractivity contribution in [2.75, 3.05) is 0 Å². The van der Waals surface area contributed by atoms with Gasteiger partial charge in [0.05, 0.1) is 0 Å². The molecule has 0 radical (unpaired) electrons. The molecule has 3 rings (SSSR count). The zero-order valence-electron chi connectivity index (χ0n) is 12.3. The lowest BCUT2D eigenvalue weighted by molar-refractivity contribution is 0.206. The molecule has 1 fully saturated rings. The van der Waals surface area contributed by atoms with Crippen molar-refractivity contribution in [1.82, 2.24) is 5.32 Å². The van der Waals surface area contributed by atoms with Gasteiger partial charge in [-0.15, -0.1) is 22.7 Å². The third kappa shape index (κ3) is 3.16. The predicted octanol–water partition coefficient (Wildman–Crippen LogP) is 5.39. The summed E-state index contributed by atoms with van der Waals surface area (Å²) in [6, 6.07) is 7.38. The lowest BCUT2D eigenvalue weighted by Gasteiger charge is -2.34. The first-order valence-electron chi connectivity index (χ1n) is 7.58. The van der Waals surface area contributed by atoms with Crippen LogP contribution in [0.5, 0.6) is 0 Å². The van der Waals surface area contributed by atoms with Crippen molar-refractivity contribution in [1.29, 1.82) is 0 Å². The highest BCUT2D eigenvalue weighted by Gasteiger charge is 2.26. The third-order valence-electron chi connectivity index (χ3n) is 4.70. The van der Waals surface area contributed by atoms with Crippen molar-refractivity contribution in [3.63, 3.8) is 0 Å². The molecule has 1 saturated carbocycles. The van der Waals surface area contributed by atoms with Gasteiger partial charge in [0.15, 0.2) is 0 Å². The Morgan fingerprint density at radius 1 is 1.25 bits per heavy atom. The molecular weight excluding hydrogens is 282 g/mol. The van der Waals surface area contributed by atoms with Gasteiger partial charge in [0.25, 0.3) is 0 Å². The van der Waals surface area contributed by atoms with Crippen molar-refractivity contribution in [3.05, 3.63) is 33.8 Å². The Balaban J connectivity index is 1.59. The number of hydrogen-bond acceptors (Lipinski definition) is 3. The summed E-state index contributed by atoms with van der Waals surface area (Å²) in [5, 5.41) is 8.23. The maximum absolute atomic E-state index is 3.79. The van der Waals surface area contributed by atoms with E-state index in [-0.39, 0.29) is 0 Å². The van der Waals surface area contributed by atoms with Gasteiger partial charge in [-0.1, -0.05) is 32.8 Å². The van der Waals surface area contributed by atoms with Crippen molar-refractivity contribution in [2.24, 2.45) is 11.8 Å². The second-order valence-corrected chi connectivity index (χ2v) is 7.98. The molecule has 3 heteroatoms. The predicted molar refractivity (Wildman–Crippen MR) is 90.4 cm³/mol. The van der Waals surface area contributed by atoms with Crippen LogP contribution in [0, 0.1) is 11.8 Å². The lowest BCUT2D eigenvalue weighted by Crippen LogP contribution is -2.40. The minimum absolute atomic E-state index is 0.700. The molecule has 0 aromatic carbocycles. The molecule has 3 atom stereocenters. The minimum Gasteiger partial charge on any atom is -0.309 e. The summed E-state index contributed by atoms with van der Waals surface area (Å²) in [5.74, 6) is 1.67. The van der Waals surface area contributed by atoms with Crippen LogP contribution in [-0.2, 0) is 6.54 Å². The van der Waals surface area contributed by atoms with E-state index in [1.807, 2.05) is 22.7 Å². The van der Waals surface area contributed by atoms with Crippen LogP contribution in [-0.4, -0.2) is 6.04 Å². The SMILES string of the molecule is CC1CCCC(NCc2cc(-c3cccs3)cs2)C1C. The molecule has 3 unspecified atom stereocenters. The molecule has 20 heavy (non-hydrogen) atoms. The van der Waals surface area contributed by atoms with E-state index in [1.165, 1.54) is 34.6 Å². The van der Waals surface area contributed by atoms with E-state index >= 15 is 0 Å². The highest BCUT2D eigenvalue weighted by atomic mass is 32.1. The number of nitrogens with one attached hydrogen (secondary N) is 1. The van der Waals surface area contributed by atoms with Crippen molar-refractivity contribution >= 4 is 22.7 Å². The molecule has 2 aromatic rings. The molecule has 1 N–H and O–H groups in total. The van der Waals surface area contributed by atoms with Crippen LogP contribution in [0.2, 0.25) is 0 Å². The Bertz CT molecular complexity index is 529. The first kappa shape index (κ1) is 14.3. The number of rotatable bonds is 4. The molecule has 1 nitrogen and oxygen atoms in total. The summed E-state index contributed by atoms with van der Waals surface area (Å²) in [5.41, 5.74) is 1.38. The average molecular weight is 306 g/mol. The van der Waals surface area contributed by atoms with E-state index in [4.69, 9.17) is 0 Å². The van der Waals surface area contributed by atoms with Crippen LogP contribution < -0.4 is 5.32 Å². The Labute approximate surface area is 130 Å². The monoisotopic (exact) mass is 305 g/mol. The molecule has 0 aliphatic heterocycles. The van der Waals surface area contributed by atoms with Gasteiger partial charge in [0.1, 0.15) is 0 Å². The summed E-state index contributed by atoms with van der Waals surface area (Å²) in [6.45, 7) is 5.84. The normalized spacial score (nSPS) is 26.8. The zero-order chi connectivity index (χ0) is 13.9. The molecule has 0 saturated heterocycles. The smallest absolute Gasteiger partial charge is 0.0351 e. The highest BCUT2D eigenvalue weighted by molar-refractivity contribution is 7.14. The number of hydrogen-bond donors (Lipinski definition) is 1. The van der Waals surface area contributed by atoms with Gasteiger partial charge < -0.3 is 5.32 Å². The Morgan fingerprint density at radius 2 is 2.15 bits per heavy atom. The van der Waals surface area contributed by atoms with E-state index in [2.05, 4.69) is 48.1 Å². The first-order valence-corrected chi connectivity index (χ1v) is 9.34. The van der Waals surface area contributed by atoms with Gasteiger partial charge in [-0.3, -0.25) is 0 Å². The fourth-order valence-electron chi connectivity index (χ4n) is 3.15. The van der Waals surface area contributed by atoms with Crippen molar-refractivity contribution in [3.8, 4) is 10.4 Å². The summed E-state index contributed by atoms with van der Waals surface area (Å²) in [6.07, 6.45) is 4.13. The van der Waals surface area contributed by atoms with Crippen molar-refractivity contribution < 1.29 is 0 Å². The maximum Gasteiger partial charge on any atom is 0.0351 e. The summed E-state index contributed by atoms with van der Waals surface area (Å²) < 4.78 is 0. The molecule has 0 amide bonds. The fourth-order valence-corrected chi connectivity index (χ4v) is 4.77. The second-order valence-electron chi connectivity index (χ2n) is 6.03. The molecule has 2 heterocycles. The van der Waals surface area contributed by atoms with E-state index < -0.39 is 0 Å². The molecular formula is C17H23NS2. The number of thiophene rings is 2. The summed E-state index contributed by atoms with van der Waals surface area (Å²) >= 11 is 3.70. The molecule has 0 bridgehead atoms. The van der Waals surface area contributed by atoms with E-state index in [1.54, 1.807) is 0 Å². The van der Waals surface area contributed by atoms with E-state index in [0.29, 0.717) is 6.04 Å². The Kier molecular flexibility index (Phi) is 4.59. The largest absolute Gasteiger partial charge is 0.309 e. The average Bonchev–Trinajstić information content (AvgIpc) is 3.10. The fraction of sp³-hybridized carbons (Fsp3) is 0.529. The van der Waals surface area contributed by atoms with Gasteiger partial charge in [0.2, 0.25) is 0 Å². The minimum atomic E-state index is 0.700. The Hall–Kier alpha value is -0.640. The van der Waals surface area contributed by atoms with Gasteiger partial charge in [-0.2, -0.15) is 0 Å².